The Kier molecular flexibility index (Phi) is 5.65. The van der Waals surface area contributed by atoms with Gasteiger partial charge in [-0.3, -0.25) is 0 Å². The Morgan fingerprint density at radius 3 is 2.71 bits per heavy atom. The monoisotopic (exact) mass is 290 g/mol. The number of benzene rings is 1. The molecule has 1 heterocycles. The Hall–Kier alpha value is -1.06. The van der Waals surface area contributed by atoms with E-state index >= 15 is 0 Å². The van der Waals surface area contributed by atoms with Crippen LogP contribution < -0.4 is 10.2 Å². The molecule has 1 aromatic rings. The average molecular weight is 290 g/mol. The lowest BCUT2D eigenvalue weighted by Crippen LogP contribution is -2.36. The van der Waals surface area contributed by atoms with Crippen molar-refractivity contribution in [2.24, 2.45) is 5.92 Å². The molecule has 1 unspecified atom stereocenters. The summed E-state index contributed by atoms with van der Waals surface area (Å²) >= 11 is 0. The summed E-state index contributed by atoms with van der Waals surface area (Å²) in [6.45, 7) is 10.5. The zero-order chi connectivity index (χ0) is 15.3. The van der Waals surface area contributed by atoms with Crippen molar-refractivity contribution >= 4 is 5.69 Å². The fourth-order valence-electron chi connectivity index (χ4n) is 2.83. The molecule has 2 rings (SSSR count). The molecule has 0 spiro atoms. The van der Waals surface area contributed by atoms with Gasteiger partial charge in [0.2, 0.25) is 0 Å². The van der Waals surface area contributed by atoms with E-state index in [-0.39, 0.29) is 5.54 Å². The van der Waals surface area contributed by atoms with Crippen molar-refractivity contribution in [1.82, 2.24) is 5.32 Å². The summed E-state index contributed by atoms with van der Waals surface area (Å²) in [5.41, 5.74) is 2.84. The molecule has 3 heteroatoms. The van der Waals surface area contributed by atoms with Crippen LogP contribution in [-0.4, -0.2) is 32.3 Å². The molecule has 0 aromatic heterocycles. The van der Waals surface area contributed by atoms with Crippen molar-refractivity contribution in [3.63, 3.8) is 0 Å². The lowest BCUT2D eigenvalue weighted by molar-refractivity contribution is 0.0576. The van der Waals surface area contributed by atoms with E-state index in [0.29, 0.717) is 5.92 Å². The van der Waals surface area contributed by atoms with Gasteiger partial charge in [-0.05, 0) is 51.2 Å². The fraction of sp³-hybridized carbons (Fsp3) is 0.667. The Morgan fingerprint density at radius 1 is 1.29 bits per heavy atom. The Bertz CT molecular complexity index is 433. The van der Waals surface area contributed by atoms with Crippen LogP contribution >= 0.6 is 0 Å². The van der Waals surface area contributed by atoms with Crippen LogP contribution in [0, 0.1) is 5.92 Å². The predicted molar refractivity (Wildman–Crippen MR) is 89.8 cm³/mol. The molecule has 3 nitrogen and oxygen atoms in total. The van der Waals surface area contributed by atoms with Crippen molar-refractivity contribution in [2.75, 3.05) is 31.7 Å². The number of ether oxygens (including phenoxy) is 1. The maximum absolute atomic E-state index is 5.60. The van der Waals surface area contributed by atoms with Crippen molar-refractivity contribution in [3.8, 4) is 0 Å². The first kappa shape index (κ1) is 16.3. The van der Waals surface area contributed by atoms with Crippen LogP contribution in [0.3, 0.4) is 0 Å². The second kappa shape index (κ2) is 7.28. The molecule has 21 heavy (non-hydrogen) atoms. The third-order valence-corrected chi connectivity index (χ3v) is 4.00. The molecule has 1 aliphatic rings. The molecule has 1 saturated heterocycles. The molecule has 1 atom stereocenters. The maximum Gasteiger partial charge on any atom is 0.0511 e. The second-order valence-electron chi connectivity index (χ2n) is 7.20. The highest BCUT2D eigenvalue weighted by atomic mass is 16.5. The van der Waals surface area contributed by atoms with Gasteiger partial charge in [-0.25, -0.2) is 0 Å². The number of nitrogens with one attached hydrogen (secondary N) is 1. The van der Waals surface area contributed by atoms with E-state index in [0.717, 1.165) is 26.3 Å². The lowest BCUT2D eigenvalue weighted by atomic mass is 10.0. The summed E-state index contributed by atoms with van der Waals surface area (Å²) in [5.74, 6) is 0.660. The maximum atomic E-state index is 5.60. The quantitative estimate of drug-likeness (QED) is 0.899. The Labute approximate surface area is 129 Å². The molecular weight excluding hydrogens is 260 g/mol. The highest BCUT2D eigenvalue weighted by Crippen LogP contribution is 2.23. The first-order chi connectivity index (χ1) is 9.96. The van der Waals surface area contributed by atoms with E-state index in [1.54, 1.807) is 0 Å². The number of hydrogen-bond acceptors (Lipinski definition) is 3. The van der Waals surface area contributed by atoms with Gasteiger partial charge in [-0.2, -0.15) is 0 Å². The summed E-state index contributed by atoms with van der Waals surface area (Å²) in [6, 6.07) is 8.70. The molecule has 1 aromatic carbocycles. The molecule has 1 N–H and O–H groups in total. The summed E-state index contributed by atoms with van der Waals surface area (Å²) in [7, 11) is 2.20. The van der Waals surface area contributed by atoms with Gasteiger partial charge in [0.25, 0.3) is 0 Å². The number of anilines is 1. The van der Waals surface area contributed by atoms with Gasteiger partial charge in [0, 0.05) is 38.0 Å². The third-order valence-electron chi connectivity index (χ3n) is 4.00. The molecule has 0 saturated carbocycles. The lowest BCUT2D eigenvalue weighted by Gasteiger charge is -2.30. The number of hydrogen-bond donors (Lipinski definition) is 1. The minimum atomic E-state index is 0.142. The van der Waals surface area contributed by atoms with Crippen molar-refractivity contribution < 1.29 is 4.74 Å². The first-order valence-electron chi connectivity index (χ1n) is 8.07. The summed E-state index contributed by atoms with van der Waals surface area (Å²) in [5, 5.41) is 3.59. The summed E-state index contributed by atoms with van der Waals surface area (Å²) in [4.78, 5) is 2.39. The van der Waals surface area contributed by atoms with Crippen LogP contribution in [0.5, 0.6) is 0 Å². The zero-order valence-corrected chi connectivity index (χ0v) is 14.0. The smallest absolute Gasteiger partial charge is 0.0511 e. The minimum Gasteiger partial charge on any atom is -0.381 e. The van der Waals surface area contributed by atoms with Gasteiger partial charge in [-0.15, -0.1) is 0 Å². The number of rotatable bonds is 5. The Balaban J connectivity index is 2.00. The van der Waals surface area contributed by atoms with Crippen LogP contribution in [0.1, 0.15) is 39.2 Å². The van der Waals surface area contributed by atoms with Crippen molar-refractivity contribution in [1.29, 1.82) is 0 Å². The molecule has 1 fully saturated rings. The van der Waals surface area contributed by atoms with Gasteiger partial charge in [0.15, 0.2) is 0 Å². The van der Waals surface area contributed by atoms with Gasteiger partial charge in [0.05, 0.1) is 6.61 Å². The molecule has 0 radical (unpaired) electrons. The molecule has 0 bridgehead atoms. The van der Waals surface area contributed by atoms with Crippen LogP contribution in [0.2, 0.25) is 0 Å². The number of nitrogens with zero attached hydrogens (tertiary/aromatic N) is 1. The van der Waals surface area contributed by atoms with Crippen LogP contribution in [-0.2, 0) is 11.3 Å². The first-order valence-corrected chi connectivity index (χ1v) is 8.07. The van der Waals surface area contributed by atoms with Gasteiger partial charge in [-0.1, -0.05) is 18.2 Å². The highest BCUT2D eigenvalue weighted by Gasteiger charge is 2.18. The van der Waals surface area contributed by atoms with Crippen molar-refractivity contribution in [2.45, 2.75) is 45.7 Å². The topological polar surface area (TPSA) is 24.5 Å². The minimum absolute atomic E-state index is 0.142. The molecule has 0 amide bonds. The average Bonchev–Trinajstić information content (AvgIpc) is 2.46. The summed E-state index contributed by atoms with van der Waals surface area (Å²) in [6.07, 6.45) is 2.48. The van der Waals surface area contributed by atoms with Gasteiger partial charge < -0.3 is 15.0 Å². The molecular formula is C18H30N2O. The Morgan fingerprint density at radius 2 is 2.05 bits per heavy atom. The predicted octanol–water partition coefficient (Wildman–Crippen LogP) is 3.44. The van der Waals surface area contributed by atoms with Crippen LogP contribution in [0.25, 0.3) is 0 Å². The SMILES string of the molecule is CN(CC1CCCOC1)c1ccccc1CNC(C)(C)C. The normalized spacial score (nSPS) is 19.5. The van der Waals surface area contributed by atoms with Gasteiger partial charge >= 0.3 is 0 Å². The molecule has 118 valence electrons. The fourth-order valence-corrected chi connectivity index (χ4v) is 2.83. The largest absolute Gasteiger partial charge is 0.381 e. The van der Waals surface area contributed by atoms with Crippen LogP contribution in [0.4, 0.5) is 5.69 Å². The molecule has 1 aliphatic heterocycles. The highest BCUT2D eigenvalue weighted by molar-refractivity contribution is 5.53. The zero-order valence-electron chi connectivity index (χ0n) is 14.0. The third kappa shape index (κ3) is 5.33. The second-order valence-corrected chi connectivity index (χ2v) is 7.20. The van der Waals surface area contributed by atoms with Crippen LogP contribution in [0.15, 0.2) is 24.3 Å². The van der Waals surface area contributed by atoms with E-state index in [9.17, 15) is 0 Å². The summed E-state index contributed by atoms with van der Waals surface area (Å²) < 4.78 is 5.60. The van der Waals surface area contributed by atoms with E-state index in [1.807, 2.05) is 0 Å². The van der Waals surface area contributed by atoms with Gasteiger partial charge in [0.1, 0.15) is 0 Å². The number of para-hydroxylation sites is 1. The van der Waals surface area contributed by atoms with E-state index in [1.165, 1.54) is 24.1 Å². The molecule has 0 aliphatic carbocycles. The van der Waals surface area contributed by atoms with E-state index in [2.05, 4.69) is 62.3 Å². The van der Waals surface area contributed by atoms with Crippen molar-refractivity contribution in [3.05, 3.63) is 29.8 Å². The van der Waals surface area contributed by atoms with E-state index < -0.39 is 0 Å². The van der Waals surface area contributed by atoms with E-state index in [4.69, 9.17) is 4.74 Å². The standard InChI is InChI=1S/C18H30N2O/c1-18(2,3)19-12-16-9-5-6-10-17(16)20(4)13-15-8-7-11-21-14-15/h5-6,9-10,15,19H,7-8,11-14H2,1-4H3.